The Kier molecular flexibility index (Phi) is 7.53. The molecule has 1 aliphatic heterocycles. The maximum atomic E-state index is 12.9. The Morgan fingerprint density at radius 1 is 1.13 bits per heavy atom. The van der Waals surface area contributed by atoms with Crippen molar-refractivity contribution in [3.05, 3.63) is 53.6 Å². The summed E-state index contributed by atoms with van der Waals surface area (Å²) in [5.41, 5.74) is 1.05. The predicted molar refractivity (Wildman–Crippen MR) is 116 cm³/mol. The second-order valence-corrected chi connectivity index (χ2v) is 9.31. The number of morpholine rings is 1. The number of benzene rings is 2. The number of carbonyl (C=O) groups excluding carboxylic acids is 1. The average Bonchev–Trinajstić information content (AvgIpc) is 2.78. The molecule has 1 aliphatic rings. The molecule has 8 nitrogen and oxygen atoms in total. The number of sulfonamides is 1. The number of methoxy groups -OCH3 is 1. The van der Waals surface area contributed by atoms with Crippen LogP contribution in [0, 0.1) is 0 Å². The van der Waals surface area contributed by atoms with Crippen molar-refractivity contribution in [2.24, 2.45) is 0 Å². The van der Waals surface area contributed by atoms with Crippen LogP contribution in [0.5, 0.6) is 11.5 Å². The van der Waals surface area contributed by atoms with E-state index < -0.39 is 15.9 Å². The molecule has 1 fully saturated rings. The molecule has 0 spiro atoms. The van der Waals surface area contributed by atoms with E-state index in [1.165, 1.54) is 29.6 Å². The maximum Gasteiger partial charge on any atom is 0.255 e. The van der Waals surface area contributed by atoms with Crippen LogP contribution in [0.15, 0.2) is 47.4 Å². The number of carbonyl (C=O) groups is 1. The Balaban J connectivity index is 1.74. The molecule has 1 N–H and O–H groups in total. The van der Waals surface area contributed by atoms with Gasteiger partial charge in [0.2, 0.25) is 10.0 Å². The molecule has 0 aromatic heterocycles. The van der Waals surface area contributed by atoms with Crippen LogP contribution in [-0.4, -0.2) is 58.1 Å². The second kappa shape index (κ2) is 10.1. The number of nitrogens with one attached hydrogen (secondary N) is 1. The maximum absolute atomic E-state index is 12.9. The van der Waals surface area contributed by atoms with Crippen molar-refractivity contribution in [1.82, 2.24) is 9.62 Å². The number of ether oxygens (including phenoxy) is 3. The molecule has 0 unspecified atom stereocenters. The highest BCUT2D eigenvalue weighted by atomic mass is 32.2. The van der Waals surface area contributed by atoms with E-state index in [1.54, 1.807) is 0 Å². The third-order valence-corrected chi connectivity index (χ3v) is 6.67. The molecule has 0 bridgehead atoms. The summed E-state index contributed by atoms with van der Waals surface area (Å²) in [6, 6.07) is 11.7. The first kappa shape index (κ1) is 23.1. The summed E-state index contributed by atoms with van der Waals surface area (Å²) in [7, 11) is -2.28. The summed E-state index contributed by atoms with van der Waals surface area (Å²) in [4.78, 5) is 12.9. The van der Waals surface area contributed by atoms with Crippen LogP contribution < -0.4 is 14.8 Å². The van der Waals surface area contributed by atoms with Crippen molar-refractivity contribution in [3.8, 4) is 11.5 Å². The summed E-state index contributed by atoms with van der Waals surface area (Å²) in [6.07, 6.45) is 0.0824. The molecular formula is C22H28N2O6S. The lowest BCUT2D eigenvalue weighted by Crippen LogP contribution is -2.40. The number of rotatable bonds is 8. The normalized spacial score (nSPS) is 15.0. The smallest absolute Gasteiger partial charge is 0.255 e. The van der Waals surface area contributed by atoms with E-state index in [2.05, 4.69) is 5.32 Å². The lowest BCUT2D eigenvalue weighted by Gasteiger charge is -2.26. The molecular weight excluding hydrogens is 420 g/mol. The third-order valence-electron chi connectivity index (χ3n) is 4.77. The van der Waals surface area contributed by atoms with Gasteiger partial charge in [-0.2, -0.15) is 4.31 Å². The van der Waals surface area contributed by atoms with Crippen LogP contribution >= 0.6 is 0 Å². The Hall–Kier alpha value is -2.62. The summed E-state index contributed by atoms with van der Waals surface area (Å²) in [5, 5.41) is 2.82. The van der Waals surface area contributed by atoms with Gasteiger partial charge in [-0.3, -0.25) is 4.79 Å². The van der Waals surface area contributed by atoms with Crippen molar-refractivity contribution in [1.29, 1.82) is 0 Å². The van der Waals surface area contributed by atoms with E-state index in [4.69, 9.17) is 14.2 Å². The zero-order valence-corrected chi connectivity index (χ0v) is 18.8. The van der Waals surface area contributed by atoms with Crippen LogP contribution in [-0.2, 0) is 21.3 Å². The number of nitrogens with zero attached hydrogens (tertiary/aromatic N) is 1. The van der Waals surface area contributed by atoms with Gasteiger partial charge in [0.05, 0.1) is 36.9 Å². The highest BCUT2D eigenvalue weighted by Crippen LogP contribution is 2.25. The molecule has 0 aliphatic carbocycles. The van der Waals surface area contributed by atoms with Crippen molar-refractivity contribution in [2.45, 2.75) is 31.4 Å². The van der Waals surface area contributed by atoms with Gasteiger partial charge in [-0.25, -0.2) is 8.42 Å². The van der Waals surface area contributed by atoms with Gasteiger partial charge >= 0.3 is 0 Å². The SMILES string of the molecule is COc1ccc(S(=O)(=O)N2CCOCC2)cc1C(=O)NCc1ccc(OC(C)C)cc1. The fraction of sp³-hybridized carbons (Fsp3) is 0.409. The third kappa shape index (κ3) is 5.75. The zero-order valence-electron chi connectivity index (χ0n) is 18.0. The summed E-state index contributed by atoms with van der Waals surface area (Å²) in [6.45, 7) is 5.46. The Morgan fingerprint density at radius 3 is 2.42 bits per heavy atom. The molecule has 2 aromatic carbocycles. The molecule has 1 heterocycles. The predicted octanol–water partition coefficient (Wildman–Crippen LogP) is 2.43. The number of amides is 1. The minimum atomic E-state index is -3.72. The number of hydrogen-bond donors (Lipinski definition) is 1. The monoisotopic (exact) mass is 448 g/mol. The molecule has 3 rings (SSSR count). The van der Waals surface area contributed by atoms with E-state index in [0.29, 0.717) is 19.0 Å². The molecule has 31 heavy (non-hydrogen) atoms. The molecule has 9 heteroatoms. The summed E-state index contributed by atoms with van der Waals surface area (Å²) >= 11 is 0. The molecule has 168 valence electrons. The minimum absolute atomic E-state index is 0.0514. The van der Waals surface area contributed by atoms with Crippen LogP contribution in [0.2, 0.25) is 0 Å². The quantitative estimate of drug-likeness (QED) is 0.667. The van der Waals surface area contributed by atoms with Gasteiger partial charge in [0.1, 0.15) is 11.5 Å². The van der Waals surface area contributed by atoms with Gasteiger partial charge in [-0.15, -0.1) is 0 Å². The van der Waals surface area contributed by atoms with E-state index in [1.807, 2.05) is 38.1 Å². The van der Waals surface area contributed by atoms with Gasteiger partial charge in [-0.05, 0) is 49.7 Å². The fourth-order valence-electron chi connectivity index (χ4n) is 3.20. The highest BCUT2D eigenvalue weighted by molar-refractivity contribution is 7.89. The summed E-state index contributed by atoms with van der Waals surface area (Å²) < 4.78 is 43.4. The molecule has 0 saturated carbocycles. The fourth-order valence-corrected chi connectivity index (χ4v) is 4.63. The second-order valence-electron chi connectivity index (χ2n) is 7.37. The standard InChI is InChI=1S/C22H28N2O6S/c1-16(2)30-18-6-4-17(5-7-18)15-23-22(25)20-14-19(8-9-21(20)28-3)31(26,27)24-10-12-29-13-11-24/h4-9,14,16H,10-13,15H2,1-3H3,(H,23,25). The average molecular weight is 449 g/mol. The molecule has 0 atom stereocenters. The topological polar surface area (TPSA) is 94.2 Å². The molecule has 1 amide bonds. The van der Waals surface area contributed by atoms with E-state index in [-0.39, 0.29) is 36.2 Å². The largest absolute Gasteiger partial charge is 0.496 e. The number of hydrogen-bond acceptors (Lipinski definition) is 6. The molecule has 1 saturated heterocycles. The van der Waals surface area contributed by atoms with Crippen molar-refractivity contribution >= 4 is 15.9 Å². The lowest BCUT2D eigenvalue weighted by atomic mass is 10.1. The van der Waals surface area contributed by atoms with Crippen molar-refractivity contribution < 1.29 is 27.4 Å². The first-order valence-corrected chi connectivity index (χ1v) is 11.5. The first-order valence-electron chi connectivity index (χ1n) is 10.1. The Morgan fingerprint density at radius 2 is 1.81 bits per heavy atom. The van der Waals surface area contributed by atoms with Gasteiger partial charge in [0, 0.05) is 19.6 Å². The van der Waals surface area contributed by atoms with Crippen LogP contribution in [0.3, 0.4) is 0 Å². The molecule has 2 aromatic rings. The highest BCUT2D eigenvalue weighted by Gasteiger charge is 2.28. The van der Waals surface area contributed by atoms with Gasteiger partial charge in [0.25, 0.3) is 5.91 Å². The van der Waals surface area contributed by atoms with Gasteiger partial charge < -0.3 is 19.5 Å². The van der Waals surface area contributed by atoms with Crippen LogP contribution in [0.1, 0.15) is 29.8 Å². The Bertz CT molecular complexity index is 999. The van der Waals surface area contributed by atoms with Gasteiger partial charge in [0.15, 0.2) is 0 Å². The summed E-state index contributed by atoms with van der Waals surface area (Å²) in [5.74, 6) is 0.644. The van der Waals surface area contributed by atoms with Crippen LogP contribution in [0.25, 0.3) is 0 Å². The zero-order chi connectivity index (χ0) is 22.4. The van der Waals surface area contributed by atoms with Crippen molar-refractivity contribution in [3.63, 3.8) is 0 Å². The van der Waals surface area contributed by atoms with E-state index in [9.17, 15) is 13.2 Å². The van der Waals surface area contributed by atoms with Gasteiger partial charge in [-0.1, -0.05) is 12.1 Å². The first-order chi connectivity index (χ1) is 14.8. The minimum Gasteiger partial charge on any atom is -0.496 e. The van der Waals surface area contributed by atoms with Crippen molar-refractivity contribution in [2.75, 3.05) is 33.4 Å². The Labute approximate surface area is 183 Å². The lowest BCUT2D eigenvalue weighted by molar-refractivity contribution is 0.0730. The van der Waals surface area contributed by atoms with E-state index >= 15 is 0 Å². The van der Waals surface area contributed by atoms with E-state index in [0.717, 1.165) is 11.3 Å². The molecule has 0 radical (unpaired) electrons. The van der Waals surface area contributed by atoms with Crippen LogP contribution in [0.4, 0.5) is 0 Å².